The number of H-pyrrole nitrogens is 1. The summed E-state index contributed by atoms with van der Waals surface area (Å²) in [5, 5.41) is 5.46. The number of rotatable bonds is 5. The third kappa shape index (κ3) is 4.68. The van der Waals surface area contributed by atoms with Crippen molar-refractivity contribution in [2.75, 3.05) is 11.9 Å². The van der Waals surface area contributed by atoms with Crippen LogP contribution < -0.4 is 10.6 Å². The van der Waals surface area contributed by atoms with Crippen LogP contribution in [0.2, 0.25) is 0 Å². The van der Waals surface area contributed by atoms with E-state index in [0.29, 0.717) is 11.3 Å². The molecule has 1 fully saturated rings. The Bertz CT molecular complexity index is 1570. The number of nitrogens with one attached hydrogen (secondary N) is 3. The van der Waals surface area contributed by atoms with Gasteiger partial charge in [-0.1, -0.05) is 36.3 Å². The minimum absolute atomic E-state index is 0.0794. The number of halogens is 4. The van der Waals surface area contributed by atoms with Crippen LogP contribution in [0.5, 0.6) is 0 Å². The Hall–Kier alpha value is -4.33. The van der Waals surface area contributed by atoms with Crippen LogP contribution in [0.3, 0.4) is 0 Å². The summed E-state index contributed by atoms with van der Waals surface area (Å²) in [5.74, 6) is 0.655. The smallest absolute Gasteiger partial charge is 0.350 e. The Balaban J connectivity index is 1.45. The molecule has 1 aromatic heterocycles. The van der Waals surface area contributed by atoms with Crippen molar-refractivity contribution in [2.45, 2.75) is 56.0 Å². The molecular formula is C29H26F4N4O3. The van der Waals surface area contributed by atoms with Crippen LogP contribution >= 0.6 is 0 Å². The number of terminal acetylenes is 1. The molecule has 2 aliphatic heterocycles. The van der Waals surface area contributed by atoms with Gasteiger partial charge in [0.05, 0.1) is 22.5 Å². The minimum Gasteiger partial charge on any atom is -0.350 e. The van der Waals surface area contributed by atoms with Crippen LogP contribution in [0, 0.1) is 12.3 Å². The highest BCUT2D eigenvalue weighted by molar-refractivity contribution is 6.07. The van der Waals surface area contributed by atoms with Gasteiger partial charge in [0.25, 0.3) is 5.91 Å². The van der Waals surface area contributed by atoms with Crippen molar-refractivity contribution in [1.29, 1.82) is 0 Å². The number of benzene rings is 2. The fourth-order valence-electron chi connectivity index (χ4n) is 5.66. The van der Waals surface area contributed by atoms with E-state index in [1.165, 1.54) is 36.9 Å². The number of nitrogens with zero attached hydrogens (tertiary/aromatic N) is 1. The van der Waals surface area contributed by atoms with Crippen molar-refractivity contribution in [2.24, 2.45) is 0 Å². The molecule has 40 heavy (non-hydrogen) atoms. The maximum atomic E-state index is 14.9. The summed E-state index contributed by atoms with van der Waals surface area (Å²) in [4.78, 5) is 43.9. The molecule has 0 unspecified atom stereocenters. The summed E-state index contributed by atoms with van der Waals surface area (Å²) in [5.41, 5.74) is -3.15. The lowest BCUT2D eigenvalue weighted by molar-refractivity contribution is -0.136. The van der Waals surface area contributed by atoms with Crippen LogP contribution in [-0.4, -0.2) is 51.9 Å². The number of aromatic amines is 1. The first-order valence-electron chi connectivity index (χ1n) is 12.6. The molecule has 0 aliphatic carbocycles. The Kier molecular flexibility index (Phi) is 6.40. The lowest BCUT2D eigenvalue weighted by atomic mass is 9.79. The van der Waals surface area contributed by atoms with Crippen molar-refractivity contribution in [3.05, 3.63) is 65.4 Å². The molecule has 0 saturated carbocycles. The minimum atomic E-state index is -4.66. The summed E-state index contributed by atoms with van der Waals surface area (Å²) in [6.45, 7) is 2.40. The predicted octanol–water partition coefficient (Wildman–Crippen LogP) is 4.55. The largest absolute Gasteiger partial charge is 0.418 e. The average Bonchev–Trinajstić information content (AvgIpc) is 3.56. The number of hydrogen-bond donors (Lipinski definition) is 3. The van der Waals surface area contributed by atoms with E-state index < -0.39 is 53.1 Å². The van der Waals surface area contributed by atoms with Crippen LogP contribution in [0.1, 0.15) is 48.3 Å². The first-order valence-corrected chi connectivity index (χ1v) is 12.6. The van der Waals surface area contributed by atoms with E-state index in [1.54, 1.807) is 24.3 Å². The third-order valence-corrected chi connectivity index (χ3v) is 7.46. The van der Waals surface area contributed by atoms with Gasteiger partial charge in [-0.15, -0.1) is 6.42 Å². The molecule has 1 saturated heterocycles. The number of carbonyl (C=O) groups excluding carboxylic acids is 3. The molecule has 3 N–H and O–H groups in total. The van der Waals surface area contributed by atoms with Gasteiger partial charge in [-0.3, -0.25) is 14.4 Å². The number of fused-ring (bicyclic) bond motifs is 3. The Morgan fingerprint density at radius 2 is 1.90 bits per heavy atom. The normalized spacial score (nSPS) is 21.3. The van der Waals surface area contributed by atoms with E-state index in [0.717, 1.165) is 6.07 Å². The highest BCUT2D eigenvalue weighted by Gasteiger charge is 2.56. The molecule has 2 aromatic carbocycles. The SMILES string of the molecule is C#C[C@@H]1C[C@@]2(CN1C(=O)[C@H](CC(C)(C)F)NC(=O)c1cc3cccc(C(F)(F)F)c3[nH]1)C(=O)Nc1ccccc12. The summed E-state index contributed by atoms with van der Waals surface area (Å²) in [7, 11) is 0. The zero-order valence-corrected chi connectivity index (χ0v) is 21.7. The monoisotopic (exact) mass is 554 g/mol. The van der Waals surface area contributed by atoms with Gasteiger partial charge in [-0.25, -0.2) is 4.39 Å². The zero-order chi connectivity index (χ0) is 29.0. The van der Waals surface area contributed by atoms with Gasteiger partial charge < -0.3 is 20.5 Å². The summed E-state index contributed by atoms with van der Waals surface area (Å²) < 4.78 is 55.2. The van der Waals surface area contributed by atoms with Crippen molar-refractivity contribution < 1.29 is 31.9 Å². The van der Waals surface area contributed by atoms with Crippen molar-refractivity contribution >= 4 is 34.3 Å². The quantitative estimate of drug-likeness (QED) is 0.319. The number of aromatic nitrogens is 1. The van der Waals surface area contributed by atoms with Gasteiger partial charge in [-0.05, 0) is 44.0 Å². The second-order valence-corrected chi connectivity index (χ2v) is 10.8. The number of hydrogen-bond acceptors (Lipinski definition) is 3. The molecule has 3 heterocycles. The molecule has 1 spiro atoms. The Morgan fingerprint density at radius 3 is 2.58 bits per heavy atom. The number of carbonyl (C=O) groups is 3. The second-order valence-electron chi connectivity index (χ2n) is 10.8. The Labute approximate surface area is 227 Å². The highest BCUT2D eigenvalue weighted by Crippen LogP contribution is 2.46. The van der Waals surface area contributed by atoms with Crippen molar-refractivity contribution in [1.82, 2.24) is 15.2 Å². The molecule has 3 amide bonds. The zero-order valence-electron chi connectivity index (χ0n) is 21.7. The molecule has 0 radical (unpaired) electrons. The van der Waals surface area contributed by atoms with Crippen LogP contribution in [-0.2, 0) is 21.2 Å². The molecular weight excluding hydrogens is 528 g/mol. The highest BCUT2D eigenvalue weighted by atomic mass is 19.4. The van der Waals surface area contributed by atoms with Crippen LogP contribution in [0.4, 0.5) is 23.2 Å². The molecule has 11 heteroatoms. The lowest BCUT2D eigenvalue weighted by Gasteiger charge is -2.30. The van der Waals surface area contributed by atoms with Gasteiger partial charge in [0, 0.05) is 24.0 Å². The molecule has 2 aliphatic rings. The van der Waals surface area contributed by atoms with Gasteiger partial charge in [0.2, 0.25) is 11.8 Å². The molecule has 5 rings (SSSR count). The fraction of sp³-hybridized carbons (Fsp3) is 0.345. The maximum absolute atomic E-state index is 14.9. The first kappa shape index (κ1) is 27.2. The maximum Gasteiger partial charge on any atom is 0.418 e. The number of likely N-dealkylation sites (tertiary alicyclic amines) is 1. The molecule has 3 aromatic rings. The second kappa shape index (κ2) is 9.40. The van der Waals surface area contributed by atoms with E-state index in [9.17, 15) is 31.9 Å². The molecule has 3 atom stereocenters. The lowest BCUT2D eigenvalue weighted by Crippen LogP contribution is -2.52. The van der Waals surface area contributed by atoms with E-state index in [1.807, 2.05) is 0 Å². The van der Waals surface area contributed by atoms with Gasteiger partial charge in [-0.2, -0.15) is 13.2 Å². The summed E-state index contributed by atoms with van der Waals surface area (Å²) >= 11 is 0. The van der Waals surface area contributed by atoms with Gasteiger partial charge in [0.1, 0.15) is 17.4 Å². The first-order chi connectivity index (χ1) is 18.7. The van der Waals surface area contributed by atoms with Crippen molar-refractivity contribution in [3.8, 4) is 12.3 Å². The molecule has 0 bridgehead atoms. The third-order valence-electron chi connectivity index (χ3n) is 7.46. The number of anilines is 1. The van der Waals surface area contributed by atoms with Gasteiger partial charge >= 0.3 is 6.18 Å². The molecule has 208 valence electrons. The average molecular weight is 555 g/mol. The van der Waals surface area contributed by atoms with E-state index in [4.69, 9.17) is 6.42 Å². The number of alkyl halides is 4. The fourth-order valence-corrected chi connectivity index (χ4v) is 5.66. The predicted molar refractivity (Wildman–Crippen MR) is 140 cm³/mol. The summed E-state index contributed by atoms with van der Waals surface area (Å²) in [6.07, 6.45) is 0.803. The molecule has 7 nitrogen and oxygen atoms in total. The number of amides is 3. The van der Waals surface area contributed by atoms with Crippen molar-refractivity contribution in [3.63, 3.8) is 0 Å². The van der Waals surface area contributed by atoms with E-state index in [2.05, 4.69) is 21.5 Å². The van der Waals surface area contributed by atoms with E-state index >= 15 is 0 Å². The van der Waals surface area contributed by atoms with E-state index in [-0.39, 0.29) is 35.5 Å². The van der Waals surface area contributed by atoms with Crippen LogP contribution in [0.25, 0.3) is 10.9 Å². The van der Waals surface area contributed by atoms with Crippen LogP contribution in [0.15, 0.2) is 48.5 Å². The Morgan fingerprint density at radius 1 is 1.18 bits per heavy atom. The topological polar surface area (TPSA) is 94.3 Å². The standard InChI is InChI=1S/C29H26F4N4O3/c1-4-17-13-28(18-9-5-6-11-20(18)36-26(28)40)15-37(17)25(39)22(14-27(2,3)30)35-24(38)21-12-16-8-7-10-19(23(16)34-21)29(31,32)33/h1,5-12,17,22,34H,13-15H2,2-3H3,(H,35,38)(H,36,40)/t17-,22+,28+/m1/s1. The van der Waals surface area contributed by atoms with Gasteiger partial charge in [0.15, 0.2) is 0 Å². The summed E-state index contributed by atoms with van der Waals surface area (Å²) in [6, 6.07) is 9.60. The number of para-hydroxylation sites is 2.